The smallest absolute Gasteiger partial charge is 0.347 e. The van der Waals surface area contributed by atoms with Crippen molar-refractivity contribution in [3.05, 3.63) is 27.4 Å². The molecule has 0 bridgehead atoms. The van der Waals surface area contributed by atoms with E-state index in [9.17, 15) is 9.59 Å². The molecule has 0 fully saturated rings. The van der Waals surface area contributed by atoms with E-state index < -0.39 is 11.9 Å². The van der Waals surface area contributed by atoms with Gasteiger partial charge >= 0.3 is 11.7 Å². The fourth-order valence-corrected chi connectivity index (χ4v) is 2.26. The van der Waals surface area contributed by atoms with E-state index in [1.807, 2.05) is 13.8 Å². The van der Waals surface area contributed by atoms with Crippen molar-refractivity contribution in [1.82, 2.24) is 9.55 Å². The highest BCUT2D eigenvalue weighted by atomic mass is 16.5. The molecule has 0 aliphatic heterocycles. The molecule has 0 spiro atoms. The number of carboxylic acids is 1. The number of aryl methyl sites for hydroxylation is 1. The fourth-order valence-electron chi connectivity index (χ4n) is 2.26. The Balaban J connectivity index is 2.99. The van der Waals surface area contributed by atoms with Crippen molar-refractivity contribution in [1.29, 1.82) is 0 Å². The van der Waals surface area contributed by atoms with Crippen LogP contribution in [0.15, 0.2) is 4.79 Å². The second kappa shape index (κ2) is 7.93. The van der Waals surface area contributed by atoms with Gasteiger partial charge in [0.25, 0.3) is 0 Å². The number of carboxylic acid groups (broad SMARTS) is 1. The lowest BCUT2D eigenvalue weighted by Gasteiger charge is -2.17. The lowest BCUT2D eigenvalue weighted by molar-refractivity contribution is -0.141. The van der Waals surface area contributed by atoms with E-state index in [-0.39, 0.29) is 5.69 Å². The molecule has 0 aliphatic carbocycles. The molecule has 1 heterocycles. The molecule has 1 rings (SSSR count). The summed E-state index contributed by atoms with van der Waals surface area (Å²) in [4.78, 5) is 27.0. The molecule has 0 amide bonds. The van der Waals surface area contributed by atoms with Gasteiger partial charge in [-0.2, -0.15) is 4.98 Å². The van der Waals surface area contributed by atoms with Crippen LogP contribution >= 0.6 is 0 Å². The number of hydrogen-bond acceptors (Lipinski definition) is 4. The molecule has 6 heteroatoms. The maximum atomic E-state index is 12.0. The Hall–Kier alpha value is -1.69. The summed E-state index contributed by atoms with van der Waals surface area (Å²) in [6, 6.07) is 0. The highest BCUT2D eigenvalue weighted by Crippen LogP contribution is 2.15. The summed E-state index contributed by atoms with van der Waals surface area (Å²) in [6.45, 7) is 8.97. The topological polar surface area (TPSA) is 81.4 Å². The minimum absolute atomic E-state index is 0.284. The number of nitrogens with zero attached hydrogens (tertiary/aromatic N) is 2. The average Bonchev–Trinajstić information content (AvgIpc) is 2.42. The van der Waals surface area contributed by atoms with E-state index in [4.69, 9.17) is 9.84 Å². The van der Waals surface area contributed by atoms with E-state index in [1.54, 1.807) is 18.4 Å². The molecule has 0 aliphatic rings. The van der Waals surface area contributed by atoms with Gasteiger partial charge in [-0.1, -0.05) is 6.92 Å². The molecule has 1 N–H and O–H groups in total. The van der Waals surface area contributed by atoms with Gasteiger partial charge in [-0.05, 0) is 39.2 Å². The molecule has 118 valence electrons. The van der Waals surface area contributed by atoms with Crippen LogP contribution in [0, 0.1) is 19.8 Å². The van der Waals surface area contributed by atoms with Crippen LogP contribution in [-0.4, -0.2) is 33.8 Å². The Bertz CT molecular complexity index is 551. The van der Waals surface area contributed by atoms with Gasteiger partial charge < -0.3 is 9.84 Å². The summed E-state index contributed by atoms with van der Waals surface area (Å²) in [5.74, 6) is -1.35. The number of carbonyl (C=O) groups is 1. The molecule has 1 aromatic rings. The average molecular weight is 296 g/mol. The van der Waals surface area contributed by atoms with Gasteiger partial charge in [-0.15, -0.1) is 0 Å². The van der Waals surface area contributed by atoms with E-state index in [1.165, 1.54) is 0 Å². The van der Waals surface area contributed by atoms with Crippen molar-refractivity contribution in [2.24, 2.45) is 5.92 Å². The first-order valence-electron chi connectivity index (χ1n) is 7.25. The number of hydrogen-bond donors (Lipinski definition) is 1. The van der Waals surface area contributed by atoms with Gasteiger partial charge in [0, 0.05) is 31.1 Å². The lowest BCUT2D eigenvalue weighted by atomic mass is 9.99. The highest BCUT2D eigenvalue weighted by Gasteiger charge is 2.18. The Morgan fingerprint density at radius 3 is 2.67 bits per heavy atom. The Morgan fingerprint density at radius 2 is 2.10 bits per heavy atom. The first kappa shape index (κ1) is 17.4. The number of rotatable bonds is 8. The van der Waals surface area contributed by atoms with Crippen LogP contribution in [0.3, 0.4) is 0 Å². The second-order valence-electron chi connectivity index (χ2n) is 5.19. The first-order valence-corrected chi connectivity index (χ1v) is 7.25. The lowest BCUT2D eigenvalue weighted by Crippen LogP contribution is -2.29. The zero-order chi connectivity index (χ0) is 16.0. The zero-order valence-corrected chi connectivity index (χ0v) is 13.2. The first-order chi connectivity index (χ1) is 9.88. The van der Waals surface area contributed by atoms with Gasteiger partial charge in [-0.25, -0.2) is 4.79 Å². The molecular formula is C15H24N2O4. The molecule has 1 atom stereocenters. The number of aromatic nitrogens is 2. The van der Waals surface area contributed by atoms with Crippen LogP contribution in [0.5, 0.6) is 0 Å². The summed E-state index contributed by atoms with van der Waals surface area (Å²) >= 11 is 0. The highest BCUT2D eigenvalue weighted by molar-refractivity contribution is 5.70. The molecule has 0 saturated carbocycles. The van der Waals surface area contributed by atoms with Gasteiger partial charge in [0.2, 0.25) is 0 Å². The van der Waals surface area contributed by atoms with Gasteiger partial charge in [0.05, 0.1) is 5.92 Å². The van der Waals surface area contributed by atoms with Crippen LogP contribution in [0.25, 0.3) is 0 Å². The van der Waals surface area contributed by atoms with Crippen LogP contribution < -0.4 is 5.69 Å². The molecule has 0 aromatic carbocycles. The van der Waals surface area contributed by atoms with Gasteiger partial charge in [-0.3, -0.25) is 9.36 Å². The quantitative estimate of drug-likeness (QED) is 0.736. The minimum Gasteiger partial charge on any atom is -0.481 e. The van der Waals surface area contributed by atoms with E-state index in [0.29, 0.717) is 31.9 Å². The third-order valence-corrected chi connectivity index (χ3v) is 3.58. The normalized spacial score (nSPS) is 12.4. The Kier molecular flexibility index (Phi) is 6.55. The molecular weight excluding hydrogens is 272 g/mol. The largest absolute Gasteiger partial charge is 0.481 e. The summed E-state index contributed by atoms with van der Waals surface area (Å²) in [5, 5.41) is 9.04. The maximum Gasteiger partial charge on any atom is 0.347 e. The minimum atomic E-state index is -0.845. The standard InChI is InChI=1S/C15H24N2O4/c1-5-21-8-6-7-17-12(4)13(9-10(2)14(18)19)11(3)16-15(17)20/h10H,5-9H2,1-4H3,(H,18,19). The summed E-state index contributed by atoms with van der Waals surface area (Å²) in [6.07, 6.45) is 1.11. The molecule has 1 aromatic heterocycles. The van der Waals surface area contributed by atoms with Crippen molar-refractivity contribution >= 4 is 5.97 Å². The van der Waals surface area contributed by atoms with Crippen LogP contribution in [0.2, 0.25) is 0 Å². The van der Waals surface area contributed by atoms with Crippen molar-refractivity contribution in [3.63, 3.8) is 0 Å². The van der Waals surface area contributed by atoms with Crippen molar-refractivity contribution < 1.29 is 14.6 Å². The fraction of sp³-hybridized carbons (Fsp3) is 0.667. The van der Waals surface area contributed by atoms with Gasteiger partial charge in [0.15, 0.2) is 0 Å². The van der Waals surface area contributed by atoms with Crippen molar-refractivity contribution in [2.75, 3.05) is 13.2 Å². The summed E-state index contributed by atoms with van der Waals surface area (Å²) in [7, 11) is 0. The van der Waals surface area contributed by atoms with E-state index in [0.717, 1.165) is 17.7 Å². The summed E-state index contributed by atoms with van der Waals surface area (Å²) < 4.78 is 6.88. The SMILES string of the molecule is CCOCCCn1c(C)c(CC(C)C(=O)O)c(C)nc1=O. The predicted molar refractivity (Wildman–Crippen MR) is 79.6 cm³/mol. The number of aliphatic carboxylic acids is 1. The maximum absolute atomic E-state index is 12.0. The van der Waals surface area contributed by atoms with Gasteiger partial charge in [0.1, 0.15) is 0 Å². The second-order valence-corrected chi connectivity index (χ2v) is 5.19. The van der Waals surface area contributed by atoms with Crippen LogP contribution in [0.4, 0.5) is 0 Å². The Morgan fingerprint density at radius 1 is 1.43 bits per heavy atom. The molecule has 1 unspecified atom stereocenters. The van der Waals surface area contributed by atoms with E-state index >= 15 is 0 Å². The molecule has 0 radical (unpaired) electrons. The third-order valence-electron chi connectivity index (χ3n) is 3.58. The predicted octanol–water partition coefficient (Wildman–Crippen LogP) is 1.55. The monoisotopic (exact) mass is 296 g/mol. The van der Waals surface area contributed by atoms with Crippen molar-refractivity contribution in [2.45, 2.75) is 47.1 Å². The van der Waals surface area contributed by atoms with Crippen LogP contribution in [-0.2, 0) is 22.5 Å². The molecule has 0 saturated heterocycles. The zero-order valence-electron chi connectivity index (χ0n) is 13.2. The molecule has 6 nitrogen and oxygen atoms in total. The third kappa shape index (κ3) is 4.67. The molecule has 21 heavy (non-hydrogen) atoms. The van der Waals surface area contributed by atoms with E-state index in [2.05, 4.69) is 4.98 Å². The summed E-state index contributed by atoms with van der Waals surface area (Å²) in [5.41, 5.74) is 1.98. The number of ether oxygens (including phenoxy) is 1. The Labute approximate surface area is 124 Å². The van der Waals surface area contributed by atoms with Crippen molar-refractivity contribution in [3.8, 4) is 0 Å². The van der Waals surface area contributed by atoms with Crippen LogP contribution in [0.1, 0.15) is 37.2 Å².